The number of benzene rings is 3. The molecule has 0 spiro atoms. The quantitative estimate of drug-likeness (QED) is 0.0687. The Balaban J connectivity index is 1.69. The molecule has 2 unspecified atom stereocenters. The zero-order valence-electron chi connectivity index (χ0n) is 35.4. The van der Waals surface area contributed by atoms with E-state index in [0.717, 1.165) is 56.4 Å². The molecule has 306 valence electrons. The summed E-state index contributed by atoms with van der Waals surface area (Å²) < 4.78 is 31.8. The third-order valence-corrected chi connectivity index (χ3v) is 17.3. The molecular weight excluding hydrogens is 751 g/mol. The molecule has 1 N–H and O–H groups in total. The van der Waals surface area contributed by atoms with E-state index in [0.29, 0.717) is 24.6 Å². The second-order valence-electron chi connectivity index (χ2n) is 17.1. The van der Waals surface area contributed by atoms with Crippen LogP contribution in [0.4, 0.5) is 5.69 Å². The minimum absolute atomic E-state index is 0.0777. The fraction of sp³-hybridized carbons (Fsp3) is 0.522. The molecule has 1 aliphatic heterocycles. The SMILES string of the molecule is CCC(CC)(C[C@H](CO[Si](c1ccccc1)(c1ccccc1)C(C)(C)C)CC(C(=O)OC)C(=S)Nc1ccccc1/C=C\COC1CCCCO1)O[Si](C)(C)C. The summed E-state index contributed by atoms with van der Waals surface area (Å²) in [6, 6.07) is 29.4. The van der Waals surface area contributed by atoms with Crippen LogP contribution in [0.1, 0.15) is 85.1 Å². The van der Waals surface area contributed by atoms with Crippen LogP contribution in [-0.2, 0) is 27.9 Å². The zero-order valence-corrected chi connectivity index (χ0v) is 38.2. The first-order valence-electron chi connectivity index (χ1n) is 20.5. The molecule has 0 aromatic heterocycles. The molecule has 1 saturated heterocycles. The van der Waals surface area contributed by atoms with E-state index in [9.17, 15) is 4.79 Å². The van der Waals surface area contributed by atoms with Gasteiger partial charge in [-0.25, -0.2) is 0 Å². The predicted molar refractivity (Wildman–Crippen MR) is 241 cm³/mol. The highest BCUT2D eigenvalue weighted by Crippen LogP contribution is 2.40. The largest absolute Gasteiger partial charge is 0.468 e. The fourth-order valence-electron chi connectivity index (χ4n) is 8.06. The van der Waals surface area contributed by atoms with E-state index >= 15 is 0 Å². The molecule has 3 aromatic rings. The highest BCUT2D eigenvalue weighted by atomic mass is 32.1. The Hall–Kier alpha value is -2.97. The Morgan fingerprint density at radius 2 is 1.54 bits per heavy atom. The smallest absolute Gasteiger partial charge is 0.315 e. The Morgan fingerprint density at radius 3 is 2.07 bits per heavy atom. The number of ether oxygens (including phenoxy) is 3. The lowest BCUT2D eigenvalue weighted by atomic mass is 9.82. The number of nitrogens with one attached hydrogen (secondary N) is 1. The molecular formula is C46H67NO6SSi2. The molecule has 7 nitrogen and oxygen atoms in total. The Morgan fingerprint density at radius 1 is 0.929 bits per heavy atom. The number of hydrogen-bond donors (Lipinski definition) is 1. The van der Waals surface area contributed by atoms with Crippen molar-refractivity contribution >= 4 is 61.9 Å². The zero-order chi connectivity index (χ0) is 40.8. The van der Waals surface area contributed by atoms with Crippen LogP contribution in [0.5, 0.6) is 0 Å². The van der Waals surface area contributed by atoms with Crippen LogP contribution >= 0.6 is 12.2 Å². The van der Waals surface area contributed by atoms with E-state index in [-0.39, 0.29) is 28.8 Å². The number of para-hydroxylation sites is 1. The van der Waals surface area contributed by atoms with Crippen molar-refractivity contribution in [3.05, 3.63) is 96.6 Å². The summed E-state index contributed by atoms with van der Waals surface area (Å²) in [4.78, 5) is 14.2. The molecule has 0 aliphatic carbocycles. The summed E-state index contributed by atoms with van der Waals surface area (Å²) in [5.41, 5.74) is 1.38. The molecule has 3 aromatic carbocycles. The van der Waals surface area contributed by atoms with Gasteiger partial charge in [0.05, 0.1) is 24.3 Å². The predicted octanol–water partition coefficient (Wildman–Crippen LogP) is 10.2. The maximum atomic E-state index is 13.8. The molecule has 0 bridgehead atoms. The summed E-state index contributed by atoms with van der Waals surface area (Å²) in [5, 5.41) is 5.69. The third-order valence-electron chi connectivity index (χ3n) is 10.8. The number of carbonyl (C=O) groups is 1. The van der Waals surface area contributed by atoms with Crippen molar-refractivity contribution in [1.82, 2.24) is 0 Å². The second kappa shape index (κ2) is 21.2. The Bertz CT molecular complexity index is 1640. The molecule has 0 radical (unpaired) electrons. The topological polar surface area (TPSA) is 75.3 Å². The van der Waals surface area contributed by atoms with Crippen LogP contribution in [0.25, 0.3) is 6.08 Å². The van der Waals surface area contributed by atoms with E-state index in [2.05, 4.69) is 120 Å². The van der Waals surface area contributed by atoms with Gasteiger partial charge in [0.25, 0.3) is 8.32 Å². The number of anilines is 1. The van der Waals surface area contributed by atoms with E-state index in [1.807, 2.05) is 36.4 Å². The lowest BCUT2D eigenvalue weighted by Crippen LogP contribution is -2.67. The summed E-state index contributed by atoms with van der Waals surface area (Å²) >= 11 is 6.12. The summed E-state index contributed by atoms with van der Waals surface area (Å²) in [7, 11) is -3.40. The number of methoxy groups -OCH3 is 1. The Kier molecular flexibility index (Phi) is 17.3. The first-order valence-corrected chi connectivity index (χ1v) is 26.2. The number of esters is 1. The fourth-order valence-corrected chi connectivity index (χ4v) is 14.7. The molecule has 1 aliphatic rings. The third kappa shape index (κ3) is 12.5. The van der Waals surface area contributed by atoms with Crippen molar-refractivity contribution in [2.24, 2.45) is 11.8 Å². The number of carbonyl (C=O) groups excluding carboxylic acids is 1. The number of hydrogen-bond acceptors (Lipinski definition) is 7. The van der Waals surface area contributed by atoms with Gasteiger partial charge in [-0.05, 0) is 97.5 Å². The van der Waals surface area contributed by atoms with Crippen molar-refractivity contribution in [2.75, 3.05) is 32.2 Å². The summed E-state index contributed by atoms with van der Waals surface area (Å²) in [5.74, 6) is -1.15. The highest BCUT2D eigenvalue weighted by Gasteiger charge is 2.51. The van der Waals surface area contributed by atoms with Crippen LogP contribution in [-0.4, -0.2) is 66.4 Å². The van der Waals surface area contributed by atoms with Gasteiger partial charge in [-0.3, -0.25) is 4.79 Å². The monoisotopic (exact) mass is 817 g/mol. The van der Waals surface area contributed by atoms with Crippen LogP contribution < -0.4 is 15.7 Å². The van der Waals surface area contributed by atoms with Gasteiger partial charge in [0, 0.05) is 18.9 Å². The van der Waals surface area contributed by atoms with E-state index in [1.54, 1.807) is 0 Å². The number of thiocarbonyl (C=S) groups is 1. The van der Waals surface area contributed by atoms with Crippen molar-refractivity contribution < 1.29 is 27.9 Å². The molecule has 3 atom stereocenters. The van der Waals surface area contributed by atoms with Gasteiger partial charge in [0.1, 0.15) is 5.92 Å². The minimum Gasteiger partial charge on any atom is -0.468 e. The van der Waals surface area contributed by atoms with E-state index in [4.69, 9.17) is 35.3 Å². The van der Waals surface area contributed by atoms with Gasteiger partial charge in [0.15, 0.2) is 14.6 Å². The van der Waals surface area contributed by atoms with Crippen molar-refractivity contribution in [1.29, 1.82) is 0 Å². The maximum Gasteiger partial charge on any atom is 0.315 e. The van der Waals surface area contributed by atoms with Crippen LogP contribution in [0, 0.1) is 11.8 Å². The average molecular weight is 818 g/mol. The molecule has 10 heteroatoms. The highest BCUT2D eigenvalue weighted by molar-refractivity contribution is 7.80. The van der Waals surface area contributed by atoms with Gasteiger partial charge in [0.2, 0.25) is 0 Å². The number of rotatable bonds is 20. The normalized spacial score (nSPS) is 16.7. The van der Waals surface area contributed by atoms with Crippen molar-refractivity contribution in [3.63, 3.8) is 0 Å². The molecule has 0 amide bonds. The van der Waals surface area contributed by atoms with E-state index in [1.165, 1.54) is 17.5 Å². The molecule has 1 heterocycles. The summed E-state index contributed by atoms with van der Waals surface area (Å²) in [6.45, 7) is 19.7. The van der Waals surface area contributed by atoms with Crippen LogP contribution in [0.3, 0.4) is 0 Å². The lowest BCUT2D eigenvalue weighted by Gasteiger charge is -2.45. The Labute approximate surface area is 345 Å². The second-order valence-corrected chi connectivity index (χ2v) is 26.2. The first-order chi connectivity index (χ1) is 26.7. The average Bonchev–Trinajstić information content (AvgIpc) is 3.18. The molecule has 56 heavy (non-hydrogen) atoms. The molecule has 4 rings (SSSR count). The van der Waals surface area contributed by atoms with E-state index < -0.39 is 22.6 Å². The molecule has 1 fully saturated rings. The maximum absolute atomic E-state index is 13.8. The first kappa shape index (κ1) is 45.7. The minimum atomic E-state index is -2.89. The van der Waals surface area contributed by atoms with Crippen LogP contribution in [0.15, 0.2) is 91.0 Å². The van der Waals surface area contributed by atoms with Gasteiger partial charge >= 0.3 is 5.97 Å². The van der Waals surface area contributed by atoms with Crippen molar-refractivity contribution in [2.45, 2.75) is 116 Å². The van der Waals surface area contributed by atoms with Gasteiger partial charge < -0.3 is 28.4 Å². The lowest BCUT2D eigenvalue weighted by molar-refractivity contribution is -0.155. The van der Waals surface area contributed by atoms with Gasteiger partial charge in [-0.1, -0.05) is 138 Å². The van der Waals surface area contributed by atoms with Gasteiger partial charge in [-0.15, -0.1) is 0 Å². The molecule has 0 saturated carbocycles. The van der Waals surface area contributed by atoms with Gasteiger partial charge in [-0.2, -0.15) is 0 Å². The summed E-state index contributed by atoms with van der Waals surface area (Å²) in [6.07, 6.45) is 9.85. The standard InChI is InChI=1S/C46H67NO6SSi2/c1-10-46(11-2,53-55(7,8)9)34-36(35-52-56(45(3,4)5,38-25-14-12-15-26-38)39-27-16-13-17-28-39)33-40(44(48)49-6)43(54)47-41-29-19-18-23-37(41)24-22-32-51-42-30-20-21-31-50-42/h12-19,22-29,36,40,42H,10-11,20-21,30-35H2,1-9H3,(H,47,54)/b24-22-/t36-,40?,42?/m1/s1. The van der Waals surface area contributed by atoms with Crippen molar-refractivity contribution in [3.8, 4) is 0 Å². The van der Waals surface area contributed by atoms with Crippen LogP contribution in [0.2, 0.25) is 24.7 Å².